The summed E-state index contributed by atoms with van der Waals surface area (Å²) in [5.41, 5.74) is -2.47. The highest BCUT2D eigenvalue weighted by molar-refractivity contribution is 5.95. The van der Waals surface area contributed by atoms with Crippen LogP contribution in [0.1, 0.15) is 54.8 Å². The predicted octanol–water partition coefficient (Wildman–Crippen LogP) is 4.18. The molecule has 13 N–H and O–H groups in total. The van der Waals surface area contributed by atoms with Gasteiger partial charge in [-0.25, -0.2) is 9.59 Å². The van der Waals surface area contributed by atoms with E-state index in [0.29, 0.717) is 0 Å². The van der Waals surface area contributed by atoms with Crippen molar-refractivity contribution in [2.75, 3.05) is 0 Å². The molecule has 0 amide bonds. The number of benzene rings is 5. The number of fused-ring (bicyclic) bond motifs is 3. The zero-order chi connectivity index (χ0) is 45.3. The monoisotopic (exact) mass is 868 g/mol. The number of esters is 2. The third-order valence-corrected chi connectivity index (χ3v) is 10.6. The Hall–Kier alpha value is -8.81. The molecule has 0 unspecified atom stereocenters. The van der Waals surface area contributed by atoms with Gasteiger partial charge in [0.15, 0.2) is 51.7 Å². The van der Waals surface area contributed by atoms with Gasteiger partial charge in [-0.1, -0.05) is 0 Å². The van der Waals surface area contributed by atoms with Gasteiger partial charge in [0.1, 0.15) is 34.5 Å². The first-order valence-corrected chi connectivity index (χ1v) is 18.4. The average Bonchev–Trinajstić information content (AvgIpc) is 3.34. The van der Waals surface area contributed by atoms with Gasteiger partial charge in [-0.3, -0.25) is 4.79 Å². The summed E-state index contributed by atoms with van der Waals surface area (Å²) in [7, 11) is 0. The molecular weight excluding hydrogens is 836 g/mol. The normalized spacial score (nSPS) is 17.7. The maximum absolute atomic E-state index is 14.0. The highest BCUT2D eigenvalue weighted by Gasteiger charge is 2.41. The van der Waals surface area contributed by atoms with E-state index in [1.54, 1.807) is 0 Å². The lowest BCUT2D eigenvalue weighted by Gasteiger charge is -2.34. The lowest BCUT2D eigenvalue weighted by atomic mass is 9.84. The Morgan fingerprint density at radius 1 is 0.476 bits per heavy atom. The van der Waals surface area contributed by atoms with E-state index in [0.717, 1.165) is 60.7 Å². The van der Waals surface area contributed by atoms with E-state index in [9.17, 15) is 80.8 Å². The van der Waals surface area contributed by atoms with E-state index >= 15 is 0 Å². The second kappa shape index (κ2) is 15.0. The molecule has 63 heavy (non-hydrogen) atoms. The third kappa shape index (κ3) is 7.19. The highest BCUT2D eigenvalue weighted by Crippen LogP contribution is 2.49. The number of carbonyl (C=O) groups is 2. The van der Waals surface area contributed by atoms with Crippen molar-refractivity contribution in [2.24, 2.45) is 0 Å². The van der Waals surface area contributed by atoms with Crippen molar-refractivity contribution >= 4 is 22.7 Å². The molecule has 2 aliphatic rings. The molecular formula is C43H32O20. The van der Waals surface area contributed by atoms with Crippen LogP contribution in [0.4, 0.5) is 0 Å². The summed E-state index contributed by atoms with van der Waals surface area (Å²) in [6.07, 6.45) is -4.29. The molecule has 2 heterocycles. The standard InChI is InChI=1S/C43H32O20/c44-17-7-25(46)23-11-19(42(60-33(23)9-17)62-40(58)15-3-27(48)36(54)28(49)4-15)14-1-21-20(13-32(53)39(57)35(21)38(56)31(52)2-14)22-12-24-26(47)8-18(45)10-34(24)61-43(22)63-41(59)16-5-29(50)37(55)30(51)6-16/h1-10,13,19,22,42-51,53-55,57H,11-12H2,(H,52,56)/t19-,22-,42-,43-/m1/s1. The van der Waals surface area contributed by atoms with Crippen molar-refractivity contribution in [3.05, 3.63) is 110 Å². The molecule has 6 aromatic rings. The molecule has 0 aliphatic carbocycles. The van der Waals surface area contributed by atoms with Gasteiger partial charge in [0.05, 0.1) is 28.3 Å². The zero-order valence-electron chi connectivity index (χ0n) is 31.7. The molecule has 324 valence electrons. The minimum atomic E-state index is -1.82. The molecule has 20 heteroatoms. The van der Waals surface area contributed by atoms with Crippen molar-refractivity contribution in [3.8, 4) is 86.2 Å². The van der Waals surface area contributed by atoms with Crippen LogP contribution in [-0.4, -0.2) is 90.9 Å². The van der Waals surface area contributed by atoms with Crippen LogP contribution < -0.4 is 14.9 Å². The van der Waals surface area contributed by atoms with E-state index < -0.39 is 133 Å². The van der Waals surface area contributed by atoms with Crippen LogP contribution in [0.15, 0.2) is 71.5 Å². The lowest BCUT2D eigenvalue weighted by Crippen LogP contribution is -2.36. The smallest absolute Gasteiger partial charge is 0.341 e. The molecule has 8 rings (SSSR count). The minimum absolute atomic E-state index is 0.0192. The summed E-state index contributed by atoms with van der Waals surface area (Å²) in [4.78, 5) is 41.1. The van der Waals surface area contributed by atoms with Gasteiger partial charge in [-0.2, -0.15) is 0 Å². The number of aromatic hydroxyl groups is 13. The van der Waals surface area contributed by atoms with Crippen LogP contribution in [0, 0.1) is 0 Å². The molecule has 0 fully saturated rings. The predicted molar refractivity (Wildman–Crippen MR) is 210 cm³/mol. The molecule has 0 bridgehead atoms. The van der Waals surface area contributed by atoms with Crippen LogP contribution in [0.2, 0.25) is 0 Å². The van der Waals surface area contributed by atoms with Crippen molar-refractivity contribution in [1.82, 2.24) is 0 Å². The quantitative estimate of drug-likeness (QED) is 0.0824. The number of carbonyl (C=O) groups excluding carboxylic acids is 2. The Morgan fingerprint density at radius 3 is 1.38 bits per heavy atom. The van der Waals surface area contributed by atoms with Crippen LogP contribution in [0.3, 0.4) is 0 Å². The molecule has 0 radical (unpaired) electrons. The second-order valence-electron chi connectivity index (χ2n) is 14.6. The fourth-order valence-electron chi connectivity index (χ4n) is 7.59. The minimum Gasteiger partial charge on any atom is -0.508 e. The Labute approximate surface area is 351 Å². The molecule has 0 saturated heterocycles. The molecule has 2 aliphatic heterocycles. The molecule has 0 saturated carbocycles. The Kier molecular flexibility index (Phi) is 9.77. The highest BCUT2D eigenvalue weighted by atomic mass is 16.7. The number of phenols is 12. The maximum atomic E-state index is 14.0. The van der Waals surface area contributed by atoms with E-state index in [4.69, 9.17) is 18.9 Å². The summed E-state index contributed by atoms with van der Waals surface area (Å²) < 4.78 is 23.3. The summed E-state index contributed by atoms with van der Waals surface area (Å²) in [5, 5.41) is 135. The van der Waals surface area contributed by atoms with E-state index in [2.05, 4.69) is 0 Å². The number of ether oxygens (including phenoxy) is 4. The fraction of sp³-hybridized carbons (Fsp3) is 0.140. The van der Waals surface area contributed by atoms with E-state index in [-0.39, 0.29) is 52.0 Å². The van der Waals surface area contributed by atoms with Crippen molar-refractivity contribution in [1.29, 1.82) is 0 Å². The van der Waals surface area contributed by atoms with Gasteiger partial charge in [0.2, 0.25) is 5.43 Å². The van der Waals surface area contributed by atoms with Gasteiger partial charge in [0.25, 0.3) is 12.6 Å². The summed E-state index contributed by atoms with van der Waals surface area (Å²) in [5.74, 6) is -16.0. The SMILES string of the molecule is O=C(O[C@H]1Oc2cc(O)cc(O)c2C[C@@H]1c1cc(O)c(=O)c2c(O)c(O)cc([C@H]3Cc4c(O)cc(O)cc4O[C@@H]3OC(=O)c3cc(O)c(O)c(O)c3)c2c1)c1cc(O)c(O)c(O)c1. The number of hydrogen-bond donors (Lipinski definition) is 13. The first kappa shape index (κ1) is 40.9. The first-order chi connectivity index (χ1) is 29.8. The van der Waals surface area contributed by atoms with Crippen LogP contribution in [-0.2, 0) is 22.3 Å². The Bertz CT molecular complexity index is 2950. The number of hydrogen-bond acceptors (Lipinski definition) is 20. The van der Waals surface area contributed by atoms with E-state index in [1.807, 2.05) is 0 Å². The summed E-state index contributed by atoms with van der Waals surface area (Å²) in [6.45, 7) is 0. The maximum Gasteiger partial charge on any atom is 0.341 e. The average molecular weight is 869 g/mol. The third-order valence-electron chi connectivity index (χ3n) is 10.6. The first-order valence-electron chi connectivity index (χ1n) is 18.4. The molecule has 0 aromatic heterocycles. The van der Waals surface area contributed by atoms with Gasteiger partial charge in [-0.15, -0.1) is 0 Å². The van der Waals surface area contributed by atoms with Gasteiger partial charge < -0.3 is 85.3 Å². The zero-order valence-corrected chi connectivity index (χ0v) is 31.7. The van der Waals surface area contributed by atoms with Crippen molar-refractivity contribution < 1.29 is 94.9 Å². The topological polar surface area (TPSA) is 351 Å². The Morgan fingerprint density at radius 2 is 0.905 bits per heavy atom. The second-order valence-corrected chi connectivity index (χ2v) is 14.6. The van der Waals surface area contributed by atoms with Gasteiger partial charge in [-0.05, 0) is 71.8 Å². The fourth-order valence-corrected chi connectivity index (χ4v) is 7.59. The van der Waals surface area contributed by atoms with Crippen molar-refractivity contribution in [3.63, 3.8) is 0 Å². The summed E-state index contributed by atoms with van der Waals surface area (Å²) >= 11 is 0. The molecule has 6 aromatic carbocycles. The van der Waals surface area contributed by atoms with Gasteiger partial charge in [0, 0.05) is 35.4 Å². The van der Waals surface area contributed by atoms with Crippen LogP contribution in [0.5, 0.6) is 86.2 Å². The largest absolute Gasteiger partial charge is 0.508 e. The van der Waals surface area contributed by atoms with Crippen LogP contribution >= 0.6 is 0 Å². The van der Waals surface area contributed by atoms with Gasteiger partial charge >= 0.3 is 11.9 Å². The Balaban J connectivity index is 1.31. The van der Waals surface area contributed by atoms with Crippen LogP contribution in [0.25, 0.3) is 10.8 Å². The van der Waals surface area contributed by atoms with E-state index in [1.165, 1.54) is 6.07 Å². The molecule has 4 atom stereocenters. The van der Waals surface area contributed by atoms with Crippen molar-refractivity contribution in [2.45, 2.75) is 37.3 Å². The number of rotatable bonds is 6. The molecule has 0 spiro atoms. The lowest BCUT2D eigenvalue weighted by molar-refractivity contribution is -0.0713. The summed E-state index contributed by atoms with van der Waals surface area (Å²) in [6, 6.07) is 10.3. The number of phenolic OH excluding ortho intramolecular Hbond substituents is 12. The molecule has 20 nitrogen and oxygen atoms in total.